The van der Waals surface area contributed by atoms with Crippen molar-refractivity contribution in [3.05, 3.63) is 53.0 Å². The van der Waals surface area contributed by atoms with Gasteiger partial charge in [-0.1, -0.05) is 42.5 Å². The zero-order valence-electron chi connectivity index (χ0n) is 9.44. The van der Waals surface area contributed by atoms with E-state index in [-0.39, 0.29) is 0 Å². The highest BCUT2D eigenvalue weighted by atomic mass is 79.9. The van der Waals surface area contributed by atoms with Gasteiger partial charge in [0.05, 0.1) is 4.47 Å². The molecule has 0 saturated carbocycles. The maximum absolute atomic E-state index is 10.2. The van der Waals surface area contributed by atoms with Gasteiger partial charge in [0.2, 0.25) is 0 Å². The van der Waals surface area contributed by atoms with Gasteiger partial charge in [-0.25, -0.2) is 0 Å². The van der Waals surface area contributed by atoms with Crippen molar-refractivity contribution in [2.75, 3.05) is 0 Å². The van der Waals surface area contributed by atoms with Gasteiger partial charge in [0.15, 0.2) is 0 Å². The molecule has 3 aromatic rings. The van der Waals surface area contributed by atoms with E-state index in [1.807, 2.05) is 18.2 Å². The number of hydrogen-bond acceptors (Lipinski definition) is 1. The largest absolute Gasteiger partial charge is 0.506 e. The Morgan fingerprint density at radius 1 is 0.778 bits per heavy atom. The summed E-state index contributed by atoms with van der Waals surface area (Å²) >= 11 is 3.43. The van der Waals surface area contributed by atoms with Gasteiger partial charge in [-0.2, -0.15) is 0 Å². The highest BCUT2D eigenvalue weighted by Crippen LogP contribution is 2.50. The highest BCUT2D eigenvalue weighted by Gasteiger charge is 2.23. The highest BCUT2D eigenvalue weighted by molar-refractivity contribution is 9.10. The maximum Gasteiger partial charge on any atom is 0.137 e. The second-order valence-corrected chi connectivity index (χ2v) is 5.38. The monoisotopic (exact) mass is 296 g/mol. The van der Waals surface area contributed by atoms with Crippen LogP contribution in [0.1, 0.15) is 0 Å². The fraction of sp³-hybridized carbons (Fsp3) is 0. The van der Waals surface area contributed by atoms with Crippen LogP contribution < -0.4 is 0 Å². The van der Waals surface area contributed by atoms with E-state index in [4.69, 9.17) is 0 Å². The molecule has 1 N–H and O–H groups in total. The van der Waals surface area contributed by atoms with Crippen LogP contribution in [-0.2, 0) is 0 Å². The Morgan fingerprint density at radius 2 is 1.44 bits per heavy atom. The van der Waals surface area contributed by atoms with Gasteiger partial charge in [0, 0.05) is 10.8 Å². The van der Waals surface area contributed by atoms with Crippen LogP contribution in [0.2, 0.25) is 0 Å². The molecular formula is C16H9BrO. The molecule has 0 unspecified atom stereocenters. The van der Waals surface area contributed by atoms with E-state index in [0.29, 0.717) is 5.75 Å². The maximum atomic E-state index is 10.2. The predicted octanol–water partition coefficient (Wildman–Crippen LogP) is 4.96. The third-order valence-corrected chi connectivity index (χ3v) is 4.20. The van der Waals surface area contributed by atoms with Crippen molar-refractivity contribution in [3.8, 4) is 28.0 Å². The van der Waals surface area contributed by atoms with Crippen LogP contribution in [0.4, 0.5) is 0 Å². The smallest absolute Gasteiger partial charge is 0.137 e. The van der Waals surface area contributed by atoms with Crippen molar-refractivity contribution >= 4 is 26.7 Å². The molecule has 1 aliphatic rings. The van der Waals surface area contributed by atoms with E-state index in [9.17, 15) is 5.11 Å². The zero-order valence-corrected chi connectivity index (χ0v) is 11.0. The van der Waals surface area contributed by atoms with E-state index in [0.717, 1.165) is 15.2 Å². The van der Waals surface area contributed by atoms with Crippen LogP contribution in [0.15, 0.2) is 53.0 Å². The number of fused-ring (bicyclic) bond motifs is 3. The first kappa shape index (κ1) is 10.2. The minimum Gasteiger partial charge on any atom is -0.506 e. The summed E-state index contributed by atoms with van der Waals surface area (Å²) in [4.78, 5) is 0. The standard InChI is InChI=1S/C16H9BrO/c17-14-8-13-10-5-2-1-4-9(10)11-6-3-7-12(15(11)13)16(14)18/h1-8,18H. The molecule has 4 rings (SSSR count). The van der Waals surface area contributed by atoms with Crippen molar-refractivity contribution < 1.29 is 5.11 Å². The minimum absolute atomic E-state index is 0.323. The molecular weight excluding hydrogens is 288 g/mol. The molecule has 0 aromatic heterocycles. The molecule has 3 aromatic carbocycles. The second kappa shape index (κ2) is 3.36. The Bertz CT molecular complexity index is 806. The van der Waals surface area contributed by atoms with Gasteiger partial charge in [0.1, 0.15) is 5.75 Å². The summed E-state index contributed by atoms with van der Waals surface area (Å²) in [6.07, 6.45) is 0. The average Bonchev–Trinajstić information content (AvgIpc) is 2.72. The molecule has 18 heavy (non-hydrogen) atoms. The van der Waals surface area contributed by atoms with Crippen molar-refractivity contribution in [1.29, 1.82) is 0 Å². The summed E-state index contributed by atoms with van der Waals surface area (Å²) in [7, 11) is 0. The fourth-order valence-electron chi connectivity index (χ4n) is 2.83. The Labute approximate surface area is 113 Å². The summed E-state index contributed by atoms with van der Waals surface area (Å²) in [5, 5.41) is 12.2. The summed E-state index contributed by atoms with van der Waals surface area (Å²) in [5.41, 5.74) is 4.89. The van der Waals surface area contributed by atoms with Crippen LogP contribution in [0.25, 0.3) is 33.0 Å². The summed E-state index contributed by atoms with van der Waals surface area (Å²) < 4.78 is 0.749. The average molecular weight is 297 g/mol. The minimum atomic E-state index is 0.323. The Morgan fingerprint density at radius 3 is 2.22 bits per heavy atom. The van der Waals surface area contributed by atoms with Crippen LogP contribution in [0.5, 0.6) is 5.75 Å². The van der Waals surface area contributed by atoms with Crippen LogP contribution in [0, 0.1) is 0 Å². The van der Waals surface area contributed by atoms with Gasteiger partial charge in [0.25, 0.3) is 0 Å². The number of hydrogen-bond donors (Lipinski definition) is 1. The summed E-state index contributed by atoms with van der Waals surface area (Å²) in [6, 6.07) is 16.5. The Balaban J connectivity index is 2.31. The molecule has 0 radical (unpaired) electrons. The van der Waals surface area contributed by atoms with Gasteiger partial charge in [-0.15, -0.1) is 0 Å². The van der Waals surface area contributed by atoms with E-state index in [1.165, 1.54) is 22.3 Å². The van der Waals surface area contributed by atoms with Crippen LogP contribution in [-0.4, -0.2) is 5.11 Å². The molecule has 0 aliphatic heterocycles. The Kier molecular flexibility index (Phi) is 1.90. The number of benzene rings is 3. The zero-order chi connectivity index (χ0) is 12.3. The molecule has 0 bridgehead atoms. The molecule has 0 saturated heterocycles. The molecule has 86 valence electrons. The third kappa shape index (κ3) is 1.11. The van der Waals surface area contributed by atoms with Gasteiger partial charge < -0.3 is 5.11 Å². The van der Waals surface area contributed by atoms with Crippen molar-refractivity contribution in [3.63, 3.8) is 0 Å². The number of halogens is 1. The van der Waals surface area contributed by atoms with Crippen molar-refractivity contribution in [1.82, 2.24) is 0 Å². The topological polar surface area (TPSA) is 20.2 Å². The predicted molar refractivity (Wildman–Crippen MR) is 77.7 cm³/mol. The van der Waals surface area contributed by atoms with Gasteiger partial charge in [-0.3, -0.25) is 0 Å². The first-order valence-corrected chi connectivity index (χ1v) is 6.60. The van der Waals surface area contributed by atoms with Crippen molar-refractivity contribution in [2.45, 2.75) is 0 Å². The molecule has 0 spiro atoms. The SMILES string of the molecule is Oc1c(Br)cc2c3c(cccc13)-c1ccccc1-2. The quantitative estimate of drug-likeness (QED) is 0.486. The third-order valence-electron chi connectivity index (χ3n) is 3.59. The number of aromatic hydroxyl groups is 1. The van der Waals surface area contributed by atoms with E-state index in [2.05, 4.69) is 46.3 Å². The summed E-state index contributed by atoms with van der Waals surface area (Å²) in [6.45, 7) is 0. The van der Waals surface area contributed by atoms with E-state index in [1.54, 1.807) is 0 Å². The Hall–Kier alpha value is -1.80. The lowest BCUT2D eigenvalue weighted by Gasteiger charge is -2.06. The van der Waals surface area contributed by atoms with E-state index < -0.39 is 0 Å². The lowest BCUT2D eigenvalue weighted by Crippen LogP contribution is -1.78. The molecule has 1 aliphatic carbocycles. The molecule has 0 heterocycles. The molecule has 0 fully saturated rings. The van der Waals surface area contributed by atoms with E-state index >= 15 is 0 Å². The summed E-state index contributed by atoms with van der Waals surface area (Å²) in [5.74, 6) is 0.323. The lowest BCUT2D eigenvalue weighted by molar-refractivity contribution is 0.478. The first-order chi connectivity index (χ1) is 8.77. The molecule has 1 nitrogen and oxygen atoms in total. The fourth-order valence-corrected chi connectivity index (χ4v) is 3.27. The lowest BCUT2D eigenvalue weighted by atomic mass is 10.0. The number of rotatable bonds is 0. The number of phenolic OH excluding ortho intramolecular Hbond substituents is 1. The molecule has 0 amide bonds. The number of phenols is 1. The van der Waals surface area contributed by atoms with Crippen LogP contribution in [0.3, 0.4) is 0 Å². The normalized spacial score (nSPS) is 11.8. The van der Waals surface area contributed by atoms with Crippen LogP contribution >= 0.6 is 15.9 Å². The second-order valence-electron chi connectivity index (χ2n) is 4.53. The van der Waals surface area contributed by atoms with Gasteiger partial charge >= 0.3 is 0 Å². The van der Waals surface area contributed by atoms with Gasteiger partial charge in [-0.05, 0) is 44.3 Å². The van der Waals surface area contributed by atoms with Crippen molar-refractivity contribution in [2.24, 2.45) is 0 Å². The molecule has 0 atom stereocenters. The molecule has 2 heteroatoms. The first-order valence-electron chi connectivity index (χ1n) is 5.81.